The Kier molecular flexibility index (Phi) is 6.86. The van der Waals surface area contributed by atoms with Crippen molar-refractivity contribution in [3.8, 4) is 5.75 Å². The highest BCUT2D eigenvalue weighted by molar-refractivity contribution is 6.30. The van der Waals surface area contributed by atoms with E-state index in [2.05, 4.69) is 10.4 Å². The van der Waals surface area contributed by atoms with Crippen molar-refractivity contribution in [1.82, 2.24) is 9.78 Å². The van der Waals surface area contributed by atoms with E-state index in [9.17, 15) is 18.0 Å². The van der Waals surface area contributed by atoms with Gasteiger partial charge in [-0.15, -0.1) is 0 Å². The lowest BCUT2D eigenvalue weighted by atomic mass is 9.80. The largest absolute Gasteiger partial charge is 0.497 e. The Labute approximate surface area is 207 Å². The second-order valence-electron chi connectivity index (χ2n) is 9.68. The van der Waals surface area contributed by atoms with E-state index in [-0.39, 0.29) is 30.0 Å². The molecule has 1 N–H and O–H groups in total. The molecule has 186 valence electrons. The maximum atomic E-state index is 13.9. The van der Waals surface area contributed by atoms with E-state index >= 15 is 0 Å². The summed E-state index contributed by atoms with van der Waals surface area (Å²) in [5, 5.41) is 7.61. The van der Waals surface area contributed by atoms with Gasteiger partial charge in [0.1, 0.15) is 11.6 Å². The van der Waals surface area contributed by atoms with Gasteiger partial charge in [0.25, 0.3) is 0 Å². The van der Waals surface area contributed by atoms with Gasteiger partial charge in [0.05, 0.1) is 24.9 Å². The smallest absolute Gasteiger partial charge is 0.410 e. The number of rotatable bonds is 7. The molecule has 35 heavy (non-hydrogen) atoms. The van der Waals surface area contributed by atoms with E-state index in [1.54, 1.807) is 31.4 Å². The fourth-order valence-corrected chi connectivity index (χ4v) is 4.69. The summed E-state index contributed by atoms with van der Waals surface area (Å²) in [5.74, 6) is 0.591. The van der Waals surface area contributed by atoms with Crippen molar-refractivity contribution in [3.63, 3.8) is 0 Å². The second kappa shape index (κ2) is 9.57. The number of carbonyl (C=O) groups is 1. The van der Waals surface area contributed by atoms with Gasteiger partial charge in [-0.3, -0.25) is 4.79 Å². The van der Waals surface area contributed by atoms with Crippen molar-refractivity contribution in [1.29, 1.82) is 0 Å². The molecule has 9 heteroatoms. The van der Waals surface area contributed by atoms with E-state index in [1.165, 1.54) is 6.20 Å². The van der Waals surface area contributed by atoms with Crippen molar-refractivity contribution in [2.75, 3.05) is 12.4 Å². The Balaban J connectivity index is 1.58. The van der Waals surface area contributed by atoms with Crippen LogP contribution in [0.15, 0.2) is 54.7 Å². The molecule has 3 aromatic rings. The standard InChI is InChI=1S/C26H27ClF3N3O2/c1-25(2,13-16-4-10-19(35-3)11-5-16)14-22(34)20-15-31-33-23(26(28,29)30)12-21(32-24(20)33)17-6-8-18(27)9-7-17/h4-11,15,21,23,32H,12-14H2,1-3H3. The highest BCUT2D eigenvalue weighted by Gasteiger charge is 2.47. The SMILES string of the molecule is COc1ccc(CC(C)(C)CC(=O)c2cnn3c2NC(c2ccc(Cl)cc2)CC3C(F)(F)F)cc1. The summed E-state index contributed by atoms with van der Waals surface area (Å²) >= 11 is 5.95. The van der Waals surface area contributed by atoms with Gasteiger partial charge < -0.3 is 10.1 Å². The number of anilines is 1. The number of carbonyl (C=O) groups excluding carboxylic acids is 1. The van der Waals surface area contributed by atoms with Crippen LogP contribution in [0.5, 0.6) is 5.75 Å². The summed E-state index contributed by atoms with van der Waals surface area (Å²) in [6.45, 7) is 3.93. The summed E-state index contributed by atoms with van der Waals surface area (Å²) < 4.78 is 47.9. The number of methoxy groups -OCH3 is 1. The van der Waals surface area contributed by atoms with E-state index in [0.717, 1.165) is 16.0 Å². The highest BCUT2D eigenvalue weighted by atomic mass is 35.5. The zero-order valence-corrected chi connectivity index (χ0v) is 20.5. The van der Waals surface area contributed by atoms with Crippen LogP contribution in [0.3, 0.4) is 0 Å². The molecule has 0 fully saturated rings. The van der Waals surface area contributed by atoms with Crippen LogP contribution in [0.25, 0.3) is 0 Å². The van der Waals surface area contributed by atoms with Crippen LogP contribution in [-0.2, 0) is 6.42 Å². The summed E-state index contributed by atoms with van der Waals surface area (Å²) in [6, 6.07) is 11.8. The van der Waals surface area contributed by atoms with Gasteiger partial charge in [-0.05, 0) is 47.2 Å². The Hall–Kier alpha value is -3.00. The molecule has 1 aromatic heterocycles. The van der Waals surface area contributed by atoms with Gasteiger partial charge in [-0.25, -0.2) is 4.68 Å². The summed E-state index contributed by atoms with van der Waals surface area (Å²) in [6.07, 6.45) is -2.73. The maximum Gasteiger partial charge on any atom is 0.410 e. The van der Waals surface area contributed by atoms with Gasteiger partial charge in [-0.1, -0.05) is 49.7 Å². The number of nitrogens with zero attached hydrogens (tertiary/aromatic N) is 2. The lowest BCUT2D eigenvalue weighted by Gasteiger charge is -2.34. The first kappa shape index (κ1) is 25.1. The molecule has 0 amide bonds. The van der Waals surface area contributed by atoms with Crippen molar-refractivity contribution in [3.05, 3.63) is 76.4 Å². The maximum absolute atomic E-state index is 13.9. The second-order valence-corrected chi connectivity index (χ2v) is 10.1. The van der Waals surface area contributed by atoms with Gasteiger partial charge in [0.2, 0.25) is 0 Å². The summed E-state index contributed by atoms with van der Waals surface area (Å²) in [4.78, 5) is 13.3. The molecule has 0 aliphatic carbocycles. The molecule has 2 heterocycles. The van der Waals surface area contributed by atoms with Crippen LogP contribution in [0.1, 0.15) is 60.3 Å². The summed E-state index contributed by atoms with van der Waals surface area (Å²) in [7, 11) is 1.60. The normalized spacial score (nSPS) is 18.0. The molecule has 2 unspecified atom stereocenters. The minimum absolute atomic E-state index is 0.101. The van der Waals surface area contributed by atoms with Crippen LogP contribution in [0.4, 0.5) is 19.0 Å². The van der Waals surface area contributed by atoms with Crippen LogP contribution in [0, 0.1) is 5.41 Å². The first-order chi connectivity index (χ1) is 16.5. The van der Waals surface area contributed by atoms with E-state index in [4.69, 9.17) is 16.3 Å². The number of halogens is 4. The highest BCUT2D eigenvalue weighted by Crippen LogP contribution is 2.45. The molecule has 2 atom stereocenters. The molecule has 2 aromatic carbocycles. The monoisotopic (exact) mass is 505 g/mol. The molecule has 0 saturated carbocycles. The Morgan fingerprint density at radius 2 is 1.80 bits per heavy atom. The van der Waals surface area contributed by atoms with Crippen molar-refractivity contribution in [2.24, 2.45) is 5.41 Å². The number of nitrogens with one attached hydrogen (secondary N) is 1. The Morgan fingerprint density at radius 1 is 1.14 bits per heavy atom. The van der Waals surface area contributed by atoms with E-state index in [0.29, 0.717) is 17.0 Å². The van der Waals surface area contributed by atoms with Gasteiger partial charge in [0, 0.05) is 17.9 Å². The zero-order chi connectivity index (χ0) is 25.4. The molecule has 1 aliphatic heterocycles. The van der Waals surface area contributed by atoms with Crippen molar-refractivity contribution in [2.45, 2.75) is 51.4 Å². The van der Waals surface area contributed by atoms with Crippen LogP contribution >= 0.6 is 11.6 Å². The lowest BCUT2D eigenvalue weighted by Crippen LogP contribution is -2.36. The van der Waals surface area contributed by atoms with Crippen LogP contribution in [0.2, 0.25) is 5.02 Å². The fraction of sp³-hybridized carbons (Fsp3) is 0.385. The third-order valence-corrected chi connectivity index (χ3v) is 6.54. The quantitative estimate of drug-likeness (QED) is 0.350. The minimum Gasteiger partial charge on any atom is -0.497 e. The number of alkyl halides is 3. The molecular weight excluding hydrogens is 479 g/mol. The third kappa shape index (κ3) is 5.64. The van der Waals surface area contributed by atoms with Gasteiger partial charge >= 0.3 is 6.18 Å². The number of fused-ring (bicyclic) bond motifs is 1. The number of ketones is 1. The van der Waals surface area contributed by atoms with Crippen molar-refractivity contribution < 1.29 is 22.7 Å². The van der Waals surface area contributed by atoms with Crippen LogP contribution in [-0.4, -0.2) is 28.8 Å². The minimum atomic E-state index is -4.51. The first-order valence-electron chi connectivity index (χ1n) is 11.3. The predicted octanol–water partition coefficient (Wildman–Crippen LogP) is 7.05. The Bertz CT molecular complexity index is 1190. The number of hydrogen-bond acceptors (Lipinski definition) is 4. The van der Waals surface area contributed by atoms with Gasteiger partial charge in [0.15, 0.2) is 11.8 Å². The van der Waals surface area contributed by atoms with E-state index in [1.807, 2.05) is 38.1 Å². The zero-order valence-electron chi connectivity index (χ0n) is 19.7. The van der Waals surface area contributed by atoms with E-state index < -0.39 is 23.7 Å². The van der Waals surface area contributed by atoms with Crippen molar-refractivity contribution >= 4 is 23.2 Å². The number of Topliss-reactive ketones (excluding diaryl/α,β-unsaturated/α-hetero) is 1. The number of aromatic nitrogens is 2. The molecular formula is C26H27ClF3N3O2. The topological polar surface area (TPSA) is 56.1 Å². The molecule has 0 radical (unpaired) electrons. The molecule has 0 bridgehead atoms. The first-order valence-corrected chi connectivity index (χ1v) is 11.7. The van der Waals surface area contributed by atoms with Crippen LogP contribution < -0.4 is 10.1 Å². The number of benzene rings is 2. The summed E-state index contributed by atoms with van der Waals surface area (Å²) in [5.41, 5.74) is 1.45. The molecule has 5 nitrogen and oxygen atoms in total. The molecule has 0 saturated heterocycles. The number of hydrogen-bond donors (Lipinski definition) is 1. The average Bonchev–Trinajstić information content (AvgIpc) is 3.22. The Morgan fingerprint density at radius 3 is 2.40 bits per heavy atom. The number of ether oxygens (including phenoxy) is 1. The molecule has 1 aliphatic rings. The fourth-order valence-electron chi connectivity index (χ4n) is 4.57. The molecule has 0 spiro atoms. The molecule has 4 rings (SSSR count). The van der Waals surface area contributed by atoms with Gasteiger partial charge in [-0.2, -0.15) is 18.3 Å². The predicted molar refractivity (Wildman–Crippen MR) is 129 cm³/mol. The average molecular weight is 506 g/mol. The third-order valence-electron chi connectivity index (χ3n) is 6.29. The lowest BCUT2D eigenvalue weighted by molar-refractivity contribution is -0.173.